The highest BCUT2D eigenvalue weighted by atomic mass is 15.3. The zero-order valence-corrected chi connectivity index (χ0v) is 15.1. The topological polar surface area (TPSA) is 41.1 Å². The normalized spacial score (nSPS) is 14.0. The summed E-state index contributed by atoms with van der Waals surface area (Å²) in [6, 6.07) is 12.4. The molecule has 0 unspecified atom stereocenters. The molecule has 0 spiro atoms. The second-order valence-electron chi connectivity index (χ2n) is 6.53. The van der Waals surface area contributed by atoms with Gasteiger partial charge in [-0.3, -0.25) is 0 Å². The molecular formula is C21H28N4. The van der Waals surface area contributed by atoms with Crippen molar-refractivity contribution < 1.29 is 0 Å². The van der Waals surface area contributed by atoms with E-state index in [1.807, 2.05) is 18.3 Å². The van der Waals surface area contributed by atoms with Crippen LogP contribution in [0.3, 0.4) is 0 Å². The number of hydrogen-bond acceptors (Lipinski definition) is 4. The molecule has 0 atom stereocenters. The van der Waals surface area contributed by atoms with Crippen LogP contribution in [0, 0.1) is 0 Å². The van der Waals surface area contributed by atoms with Gasteiger partial charge in [0.15, 0.2) is 0 Å². The molecule has 0 amide bonds. The molecule has 0 saturated heterocycles. The first-order valence-corrected chi connectivity index (χ1v) is 9.39. The summed E-state index contributed by atoms with van der Waals surface area (Å²) in [7, 11) is 0. The Morgan fingerprint density at radius 2 is 2.00 bits per heavy atom. The lowest BCUT2D eigenvalue weighted by Gasteiger charge is -2.21. The molecule has 25 heavy (non-hydrogen) atoms. The highest BCUT2D eigenvalue weighted by molar-refractivity contribution is 5.42. The molecule has 2 aromatic rings. The molecule has 0 aliphatic heterocycles. The van der Waals surface area contributed by atoms with Gasteiger partial charge >= 0.3 is 0 Å². The molecule has 1 aromatic heterocycles. The fourth-order valence-corrected chi connectivity index (χ4v) is 3.21. The fraction of sp³-hybridized carbons (Fsp3) is 0.429. The SMILES string of the molecule is CCN(Cc1ccccc1)c1nccc(NCCC2=CCCCC2)n1. The average molecular weight is 336 g/mol. The Morgan fingerprint density at radius 1 is 1.12 bits per heavy atom. The first-order chi connectivity index (χ1) is 12.3. The summed E-state index contributed by atoms with van der Waals surface area (Å²) < 4.78 is 0. The molecule has 132 valence electrons. The van der Waals surface area contributed by atoms with Crippen LogP contribution in [0.5, 0.6) is 0 Å². The van der Waals surface area contributed by atoms with E-state index in [0.717, 1.165) is 37.8 Å². The molecule has 0 bridgehead atoms. The molecule has 4 nitrogen and oxygen atoms in total. The van der Waals surface area contributed by atoms with E-state index < -0.39 is 0 Å². The minimum Gasteiger partial charge on any atom is -0.370 e. The summed E-state index contributed by atoms with van der Waals surface area (Å²) in [4.78, 5) is 11.4. The van der Waals surface area contributed by atoms with Crippen LogP contribution in [0.4, 0.5) is 11.8 Å². The van der Waals surface area contributed by atoms with E-state index in [9.17, 15) is 0 Å². The molecule has 1 aliphatic rings. The van der Waals surface area contributed by atoms with E-state index in [4.69, 9.17) is 4.98 Å². The Balaban J connectivity index is 1.58. The van der Waals surface area contributed by atoms with E-state index in [2.05, 4.69) is 52.5 Å². The van der Waals surface area contributed by atoms with Crippen molar-refractivity contribution in [2.75, 3.05) is 23.3 Å². The van der Waals surface area contributed by atoms with Crippen molar-refractivity contribution in [2.24, 2.45) is 0 Å². The lowest BCUT2D eigenvalue weighted by atomic mass is 9.97. The van der Waals surface area contributed by atoms with Crippen molar-refractivity contribution in [3.63, 3.8) is 0 Å². The van der Waals surface area contributed by atoms with Crippen molar-refractivity contribution in [1.29, 1.82) is 0 Å². The van der Waals surface area contributed by atoms with Gasteiger partial charge in [0.1, 0.15) is 5.82 Å². The number of allylic oxidation sites excluding steroid dienone is 1. The molecule has 0 fully saturated rings. The standard InChI is InChI=1S/C21H28N4/c1-2-25(17-19-11-7-4-8-12-19)21-23-16-14-20(24-21)22-15-13-18-9-5-3-6-10-18/h4,7-9,11-12,14,16H,2-3,5-6,10,13,15,17H2,1H3,(H,22,23,24). The van der Waals surface area contributed by atoms with Crippen LogP contribution in [-0.4, -0.2) is 23.1 Å². The van der Waals surface area contributed by atoms with Gasteiger partial charge in [-0.2, -0.15) is 4.98 Å². The second-order valence-corrected chi connectivity index (χ2v) is 6.53. The first-order valence-electron chi connectivity index (χ1n) is 9.39. The van der Waals surface area contributed by atoms with Crippen LogP contribution in [0.25, 0.3) is 0 Å². The van der Waals surface area contributed by atoms with Crippen molar-refractivity contribution >= 4 is 11.8 Å². The third kappa shape index (κ3) is 5.31. The van der Waals surface area contributed by atoms with E-state index in [1.54, 1.807) is 5.57 Å². The Labute approximate surface area is 151 Å². The average Bonchev–Trinajstić information content (AvgIpc) is 2.68. The van der Waals surface area contributed by atoms with Crippen molar-refractivity contribution in [3.8, 4) is 0 Å². The summed E-state index contributed by atoms with van der Waals surface area (Å²) in [5.74, 6) is 1.70. The molecular weight excluding hydrogens is 308 g/mol. The Hall–Kier alpha value is -2.36. The highest BCUT2D eigenvalue weighted by Crippen LogP contribution is 2.20. The Morgan fingerprint density at radius 3 is 2.76 bits per heavy atom. The van der Waals surface area contributed by atoms with Crippen LogP contribution < -0.4 is 10.2 Å². The van der Waals surface area contributed by atoms with Crippen molar-refractivity contribution in [2.45, 2.75) is 45.6 Å². The van der Waals surface area contributed by atoms with Gasteiger partial charge in [-0.1, -0.05) is 42.0 Å². The largest absolute Gasteiger partial charge is 0.370 e. The summed E-state index contributed by atoms with van der Waals surface area (Å²) in [6.07, 6.45) is 10.6. The number of anilines is 2. The fourth-order valence-electron chi connectivity index (χ4n) is 3.21. The van der Waals surface area contributed by atoms with Gasteiger partial charge in [0.2, 0.25) is 5.95 Å². The van der Waals surface area contributed by atoms with Gasteiger partial charge in [-0.15, -0.1) is 0 Å². The maximum atomic E-state index is 4.71. The number of nitrogens with one attached hydrogen (secondary N) is 1. The third-order valence-corrected chi connectivity index (χ3v) is 4.66. The van der Waals surface area contributed by atoms with Crippen molar-refractivity contribution in [3.05, 3.63) is 59.8 Å². The van der Waals surface area contributed by atoms with Gasteiger partial charge in [-0.05, 0) is 50.7 Å². The number of benzene rings is 1. The highest BCUT2D eigenvalue weighted by Gasteiger charge is 2.09. The van der Waals surface area contributed by atoms with Crippen molar-refractivity contribution in [1.82, 2.24) is 9.97 Å². The number of aromatic nitrogens is 2. The van der Waals surface area contributed by atoms with Crippen LogP contribution in [0.15, 0.2) is 54.2 Å². The summed E-state index contributed by atoms with van der Waals surface area (Å²) in [5.41, 5.74) is 2.86. The maximum Gasteiger partial charge on any atom is 0.227 e. The van der Waals surface area contributed by atoms with Crippen LogP contribution in [0.1, 0.15) is 44.6 Å². The van der Waals surface area contributed by atoms with Crippen LogP contribution >= 0.6 is 0 Å². The number of nitrogens with zero attached hydrogens (tertiary/aromatic N) is 3. The summed E-state index contributed by atoms with van der Waals surface area (Å²) >= 11 is 0. The van der Waals surface area contributed by atoms with E-state index >= 15 is 0 Å². The van der Waals surface area contributed by atoms with E-state index in [0.29, 0.717) is 0 Å². The first kappa shape index (κ1) is 17.5. The predicted molar refractivity (Wildman–Crippen MR) is 105 cm³/mol. The van der Waals surface area contributed by atoms with Gasteiger partial charge in [-0.25, -0.2) is 4.98 Å². The molecule has 1 aromatic carbocycles. The van der Waals surface area contributed by atoms with Gasteiger partial charge in [0.25, 0.3) is 0 Å². The number of hydrogen-bond donors (Lipinski definition) is 1. The zero-order valence-electron chi connectivity index (χ0n) is 15.1. The summed E-state index contributed by atoms with van der Waals surface area (Å²) in [6.45, 7) is 4.79. The second kappa shape index (κ2) is 9.21. The van der Waals surface area contributed by atoms with E-state index in [-0.39, 0.29) is 0 Å². The Kier molecular flexibility index (Phi) is 6.43. The lowest BCUT2D eigenvalue weighted by molar-refractivity contribution is 0.679. The predicted octanol–water partition coefficient (Wildman–Crippen LogP) is 4.81. The quantitative estimate of drug-likeness (QED) is 0.703. The monoisotopic (exact) mass is 336 g/mol. The summed E-state index contributed by atoms with van der Waals surface area (Å²) in [5, 5.41) is 3.46. The molecule has 1 N–H and O–H groups in total. The molecule has 4 heteroatoms. The minimum absolute atomic E-state index is 0.785. The van der Waals surface area contributed by atoms with Crippen LogP contribution in [0.2, 0.25) is 0 Å². The van der Waals surface area contributed by atoms with Gasteiger partial charge < -0.3 is 10.2 Å². The molecule has 1 heterocycles. The molecule has 0 radical (unpaired) electrons. The molecule has 3 rings (SSSR count). The maximum absolute atomic E-state index is 4.71. The lowest BCUT2D eigenvalue weighted by Crippen LogP contribution is -2.24. The van der Waals surface area contributed by atoms with Gasteiger partial charge in [0.05, 0.1) is 0 Å². The molecule has 1 aliphatic carbocycles. The smallest absolute Gasteiger partial charge is 0.227 e. The van der Waals surface area contributed by atoms with Gasteiger partial charge in [0, 0.05) is 25.8 Å². The zero-order chi connectivity index (χ0) is 17.3. The van der Waals surface area contributed by atoms with Crippen LogP contribution in [-0.2, 0) is 6.54 Å². The van der Waals surface area contributed by atoms with E-state index in [1.165, 1.54) is 31.2 Å². The third-order valence-electron chi connectivity index (χ3n) is 4.66. The number of rotatable bonds is 8. The Bertz CT molecular complexity index is 681. The minimum atomic E-state index is 0.785. The molecule has 0 saturated carbocycles.